The summed E-state index contributed by atoms with van der Waals surface area (Å²) in [7, 11) is 0. The zero-order chi connectivity index (χ0) is 13.7. The van der Waals surface area contributed by atoms with Gasteiger partial charge in [0.1, 0.15) is 0 Å². The van der Waals surface area contributed by atoms with Crippen LogP contribution in [0.2, 0.25) is 5.28 Å². The molecule has 4 rings (SSSR count). The molecule has 0 saturated carbocycles. The summed E-state index contributed by atoms with van der Waals surface area (Å²) in [6.07, 6.45) is 0. The molecule has 0 atom stereocenters. The Bertz CT molecular complexity index is 915. The van der Waals surface area contributed by atoms with Crippen molar-refractivity contribution in [1.82, 2.24) is 9.97 Å². The highest BCUT2D eigenvalue weighted by atomic mass is 35.5. The van der Waals surface area contributed by atoms with Gasteiger partial charge in [-0.2, -0.15) is 5.26 Å². The van der Waals surface area contributed by atoms with E-state index in [-0.39, 0.29) is 5.28 Å². The Kier molecular flexibility index (Phi) is 2.46. The number of halogens is 1. The fourth-order valence-electron chi connectivity index (χ4n) is 2.40. The predicted molar refractivity (Wildman–Crippen MR) is 78.8 cm³/mol. The predicted octanol–water partition coefficient (Wildman–Crippen LogP) is 4.29. The Labute approximate surface area is 124 Å². The Morgan fingerprint density at radius 3 is 2.85 bits per heavy atom. The molecule has 2 heterocycles. The highest BCUT2D eigenvalue weighted by Gasteiger charge is 2.21. The van der Waals surface area contributed by atoms with Gasteiger partial charge in [0.15, 0.2) is 0 Å². The van der Waals surface area contributed by atoms with Gasteiger partial charge in [-0.3, -0.25) is 0 Å². The average molecular weight is 296 g/mol. The van der Waals surface area contributed by atoms with Crippen LogP contribution < -0.4 is 0 Å². The number of rotatable bonds is 0. The topological polar surface area (TPSA) is 49.6 Å². The number of fused-ring (bicyclic) bond motifs is 2. The van der Waals surface area contributed by atoms with E-state index >= 15 is 0 Å². The van der Waals surface area contributed by atoms with Crippen molar-refractivity contribution in [2.75, 3.05) is 0 Å². The summed E-state index contributed by atoms with van der Waals surface area (Å²) in [5.41, 5.74) is 3.20. The van der Waals surface area contributed by atoms with Gasteiger partial charge < -0.3 is 0 Å². The van der Waals surface area contributed by atoms with Crippen molar-refractivity contribution in [3.63, 3.8) is 0 Å². The molecule has 0 spiro atoms. The van der Waals surface area contributed by atoms with Gasteiger partial charge in [0, 0.05) is 20.7 Å². The number of benzene rings is 2. The minimum Gasteiger partial charge on any atom is -0.218 e. The maximum absolute atomic E-state index is 9.07. The van der Waals surface area contributed by atoms with Crippen LogP contribution in [0.5, 0.6) is 0 Å². The van der Waals surface area contributed by atoms with Gasteiger partial charge in [-0.05, 0) is 41.9 Å². The van der Waals surface area contributed by atoms with Crippen molar-refractivity contribution in [2.45, 2.75) is 9.79 Å². The van der Waals surface area contributed by atoms with Crippen LogP contribution in [-0.4, -0.2) is 9.97 Å². The molecule has 0 fully saturated rings. The van der Waals surface area contributed by atoms with Gasteiger partial charge in [-0.15, -0.1) is 0 Å². The van der Waals surface area contributed by atoms with Crippen molar-refractivity contribution in [3.05, 3.63) is 47.2 Å². The number of aromatic nitrogens is 2. The Morgan fingerprint density at radius 1 is 1.10 bits per heavy atom. The summed E-state index contributed by atoms with van der Waals surface area (Å²) in [6.45, 7) is 0. The maximum atomic E-state index is 9.07. The van der Waals surface area contributed by atoms with Gasteiger partial charge >= 0.3 is 0 Å². The van der Waals surface area contributed by atoms with Gasteiger partial charge in [0.25, 0.3) is 0 Å². The summed E-state index contributed by atoms with van der Waals surface area (Å²) in [4.78, 5) is 10.8. The standard InChI is InChI=1S/C15H6ClN3S/c16-15-18-10-2-1-3-12-13(10)14(19-15)9-6-8(7-17)4-5-11(9)20-12/h1-6H. The molecule has 1 aromatic heterocycles. The lowest BCUT2D eigenvalue weighted by Gasteiger charge is -2.18. The van der Waals surface area contributed by atoms with Crippen LogP contribution >= 0.6 is 23.4 Å². The second-order valence-electron chi connectivity index (χ2n) is 4.42. The van der Waals surface area contributed by atoms with Gasteiger partial charge in [0.2, 0.25) is 5.28 Å². The second-order valence-corrected chi connectivity index (χ2v) is 5.84. The highest BCUT2D eigenvalue weighted by Crippen LogP contribution is 2.46. The highest BCUT2D eigenvalue weighted by molar-refractivity contribution is 7.99. The molecule has 3 nitrogen and oxygen atoms in total. The number of nitrogens with zero attached hydrogens (tertiary/aromatic N) is 3. The van der Waals surface area contributed by atoms with E-state index in [1.807, 2.05) is 30.3 Å². The zero-order valence-electron chi connectivity index (χ0n) is 10.1. The third-order valence-corrected chi connectivity index (χ3v) is 4.55. The third kappa shape index (κ3) is 1.61. The lowest BCUT2D eigenvalue weighted by molar-refractivity contribution is 1.19. The Hall–Kier alpha value is -2.09. The van der Waals surface area contributed by atoms with Crippen LogP contribution in [-0.2, 0) is 0 Å². The smallest absolute Gasteiger partial charge is 0.218 e. The van der Waals surface area contributed by atoms with Crippen molar-refractivity contribution in [3.8, 4) is 17.3 Å². The van der Waals surface area contributed by atoms with E-state index in [9.17, 15) is 0 Å². The Balaban J connectivity index is 2.16. The molecule has 94 valence electrons. The van der Waals surface area contributed by atoms with E-state index < -0.39 is 0 Å². The van der Waals surface area contributed by atoms with E-state index in [1.54, 1.807) is 11.8 Å². The van der Waals surface area contributed by atoms with Crippen molar-refractivity contribution < 1.29 is 0 Å². The van der Waals surface area contributed by atoms with Crippen molar-refractivity contribution in [2.24, 2.45) is 0 Å². The van der Waals surface area contributed by atoms with Crippen LogP contribution in [0.4, 0.5) is 0 Å². The molecule has 1 aliphatic rings. The summed E-state index contributed by atoms with van der Waals surface area (Å²) in [5, 5.41) is 10.3. The first-order valence-corrected chi connectivity index (χ1v) is 7.14. The van der Waals surface area contributed by atoms with Crippen LogP contribution in [0.15, 0.2) is 46.2 Å². The zero-order valence-corrected chi connectivity index (χ0v) is 11.7. The largest absolute Gasteiger partial charge is 0.223 e. The molecule has 0 radical (unpaired) electrons. The molecular weight excluding hydrogens is 290 g/mol. The summed E-state index contributed by atoms with van der Waals surface area (Å²) < 4.78 is 0. The van der Waals surface area contributed by atoms with Gasteiger partial charge in [-0.25, -0.2) is 9.97 Å². The molecule has 3 aromatic rings. The van der Waals surface area contributed by atoms with Crippen molar-refractivity contribution in [1.29, 1.82) is 5.26 Å². The van der Waals surface area contributed by atoms with Crippen molar-refractivity contribution >= 4 is 34.3 Å². The molecular formula is C15H6ClN3S. The van der Waals surface area contributed by atoms with E-state index in [2.05, 4.69) is 22.1 Å². The van der Waals surface area contributed by atoms with E-state index in [1.165, 1.54) is 0 Å². The number of nitriles is 1. The SMILES string of the molecule is N#Cc1ccc2c(c1)-c1nc(Cl)nc3cccc(c13)S2. The van der Waals surface area contributed by atoms with E-state index in [0.717, 1.165) is 32.0 Å². The first kappa shape index (κ1) is 11.7. The lowest BCUT2D eigenvalue weighted by Crippen LogP contribution is -1.98. The summed E-state index contributed by atoms with van der Waals surface area (Å²) >= 11 is 7.69. The number of hydrogen-bond donors (Lipinski definition) is 0. The van der Waals surface area contributed by atoms with Crippen LogP contribution in [0, 0.1) is 11.3 Å². The first-order chi connectivity index (χ1) is 9.76. The molecule has 2 aromatic carbocycles. The summed E-state index contributed by atoms with van der Waals surface area (Å²) in [6, 6.07) is 13.7. The first-order valence-electron chi connectivity index (χ1n) is 5.95. The van der Waals surface area contributed by atoms with Crippen LogP contribution in [0.1, 0.15) is 5.56 Å². The third-order valence-electron chi connectivity index (χ3n) is 3.24. The minimum atomic E-state index is 0.227. The van der Waals surface area contributed by atoms with Crippen LogP contribution in [0.25, 0.3) is 22.2 Å². The average Bonchev–Trinajstić information content (AvgIpc) is 2.47. The Morgan fingerprint density at radius 2 is 2.00 bits per heavy atom. The van der Waals surface area contributed by atoms with Gasteiger partial charge in [0.05, 0.1) is 22.8 Å². The van der Waals surface area contributed by atoms with Crippen LogP contribution in [0.3, 0.4) is 0 Å². The lowest BCUT2D eigenvalue weighted by atomic mass is 10.0. The molecule has 0 amide bonds. The number of hydrogen-bond acceptors (Lipinski definition) is 4. The molecule has 0 N–H and O–H groups in total. The molecule has 0 unspecified atom stereocenters. The van der Waals surface area contributed by atoms with E-state index in [4.69, 9.17) is 16.9 Å². The molecule has 0 bridgehead atoms. The minimum absolute atomic E-state index is 0.227. The molecule has 0 aliphatic carbocycles. The fourth-order valence-corrected chi connectivity index (χ4v) is 3.66. The molecule has 0 saturated heterocycles. The molecule has 20 heavy (non-hydrogen) atoms. The molecule has 5 heteroatoms. The quantitative estimate of drug-likeness (QED) is 0.454. The van der Waals surface area contributed by atoms with Gasteiger partial charge in [-0.1, -0.05) is 17.8 Å². The summed E-state index contributed by atoms with van der Waals surface area (Å²) in [5.74, 6) is 0. The second kappa shape index (κ2) is 4.20. The fraction of sp³-hybridized carbons (Fsp3) is 0. The molecule has 1 aliphatic heterocycles. The maximum Gasteiger partial charge on any atom is 0.223 e. The monoisotopic (exact) mass is 295 g/mol. The normalized spacial score (nSPS) is 12.0. The van der Waals surface area contributed by atoms with E-state index in [0.29, 0.717) is 5.56 Å².